The van der Waals surface area contributed by atoms with Crippen LogP contribution in [0.3, 0.4) is 0 Å². The van der Waals surface area contributed by atoms with Crippen LogP contribution in [0.1, 0.15) is 31.4 Å². The molecular formula is C14H21NO. The van der Waals surface area contributed by atoms with Crippen LogP contribution in [0.4, 0.5) is 0 Å². The topological polar surface area (TPSA) is 12.5 Å². The highest BCUT2D eigenvalue weighted by Crippen LogP contribution is 2.38. The van der Waals surface area contributed by atoms with E-state index in [-0.39, 0.29) is 5.60 Å². The van der Waals surface area contributed by atoms with E-state index in [2.05, 4.69) is 50.1 Å². The number of nitrogens with zero attached hydrogens (tertiary/aromatic N) is 1. The van der Waals surface area contributed by atoms with Crippen molar-refractivity contribution in [1.29, 1.82) is 0 Å². The second kappa shape index (κ2) is 4.56. The summed E-state index contributed by atoms with van der Waals surface area (Å²) in [4.78, 5) is 2.33. The highest BCUT2D eigenvalue weighted by atomic mass is 16.5. The highest BCUT2D eigenvalue weighted by molar-refractivity contribution is 5.34. The zero-order valence-corrected chi connectivity index (χ0v) is 10.5. The van der Waals surface area contributed by atoms with Crippen molar-refractivity contribution in [1.82, 2.24) is 4.90 Å². The van der Waals surface area contributed by atoms with Gasteiger partial charge in [-0.05, 0) is 38.1 Å². The minimum atomic E-state index is -0.0833. The third kappa shape index (κ3) is 2.13. The number of hydrogen-bond donors (Lipinski definition) is 0. The summed E-state index contributed by atoms with van der Waals surface area (Å²) in [5.41, 5.74) is 2.64. The van der Waals surface area contributed by atoms with Crippen molar-refractivity contribution < 1.29 is 4.74 Å². The third-order valence-electron chi connectivity index (χ3n) is 3.64. The normalized spacial score (nSPS) is 23.8. The molecule has 16 heavy (non-hydrogen) atoms. The van der Waals surface area contributed by atoms with Crippen LogP contribution in [0.15, 0.2) is 24.3 Å². The van der Waals surface area contributed by atoms with Crippen molar-refractivity contribution in [2.75, 3.05) is 20.1 Å². The molecule has 2 nitrogen and oxygen atoms in total. The number of rotatable bonds is 4. The summed E-state index contributed by atoms with van der Waals surface area (Å²) in [6, 6.07) is 8.57. The van der Waals surface area contributed by atoms with Crippen LogP contribution in [-0.4, -0.2) is 25.0 Å². The Morgan fingerprint density at radius 3 is 2.88 bits per heavy atom. The molecule has 1 aliphatic heterocycles. The molecule has 0 saturated heterocycles. The number of hydrogen-bond acceptors (Lipinski definition) is 2. The Bertz CT molecular complexity index is 364. The van der Waals surface area contributed by atoms with E-state index in [1.54, 1.807) is 0 Å². The van der Waals surface area contributed by atoms with E-state index in [9.17, 15) is 0 Å². The molecule has 0 spiro atoms. The second-order valence-corrected chi connectivity index (χ2v) is 4.82. The van der Waals surface area contributed by atoms with Gasteiger partial charge < -0.3 is 9.64 Å². The Hall–Kier alpha value is -0.860. The van der Waals surface area contributed by atoms with Gasteiger partial charge in [0.1, 0.15) is 0 Å². The standard InChI is InChI=1S/C14H21NO/c1-4-15(3)10-9-14(2)13-8-6-5-7-12(13)11-16-14/h5-8H,4,9-11H2,1-3H3. The molecule has 0 aromatic heterocycles. The molecule has 1 heterocycles. The maximum absolute atomic E-state index is 5.98. The van der Waals surface area contributed by atoms with Crippen molar-refractivity contribution in [3.63, 3.8) is 0 Å². The molecule has 2 heteroatoms. The van der Waals surface area contributed by atoms with Crippen LogP contribution in [0, 0.1) is 0 Å². The first kappa shape index (κ1) is 11.6. The van der Waals surface area contributed by atoms with E-state index in [0.29, 0.717) is 0 Å². The van der Waals surface area contributed by atoms with Crippen molar-refractivity contribution in [2.24, 2.45) is 0 Å². The van der Waals surface area contributed by atoms with E-state index in [1.165, 1.54) is 11.1 Å². The minimum absolute atomic E-state index is 0.0833. The largest absolute Gasteiger partial charge is 0.366 e. The third-order valence-corrected chi connectivity index (χ3v) is 3.64. The van der Waals surface area contributed by atoms with Crippen LogP contribution >= 0.6 is 0 Å². The van der Waals surface area contributed by atoms with E-state index >= 15 is 0 Å². The van der Waals surface area contributed by atoms with E-state index < -0.39 is 0 Å². The van der Waals surface area contributed by atoms with Gasteiger partial charge in [0.2, 0.25) is 0 Å². The Kier molecular flexibility index (Phi) is 3.31. The summed E-state index contributed by atoms with van der Waals surface area (Å²) in [5.74, 6) is 0. The Labute approximate surface area is 98.2 Å². The zero-order chi connectivity index (χ0) is 11.6. The molecule has 2 rings (SSSR count). The van der Waals surface area contributed by atoms with E-state index in [4.69, 9.17) is 4.74 Å². The van der Waals surface area contributed by atoms with Gasteiger partial charge in [-0.25, -0.2) is 0 Å². The lowest BCUT2D eigenvalue weighted by atomic mass is 9.91. The van der Waals surface area contributed by atoms with Crippen LogP contribution in [0.5, 0.6) is 0 Å². The fourth-order valence-corrected chi connectivity index (χ4v) is 2.25. The second-order valence-electron chi connectivity index (χ2n) is 4.82. The molecule has 88 valence electrons. The number of ether oxygens (including phenoxy) is 1. The first-order valence-electron chi connectivity index (χ1n) is 6.06. The first-order chi connectivity index (χ1) is 7.65. The summed E-state index contributed by atoms with van der Waals surface area (Å²) in [6.45, 7) is 7.34. The predicted octanol–water partition coefficient (Wildman–Crippen LogP) is 2.77. The Morgan fingerprint density at radius 2 is 2.12 bits per heavy atom. The number of benzene rings is 1. The summed E-state index contributed by atoms with van der Waals surface area (Å²) < 4.78 is 5.98. The van der Waals surface area contributed by atoms with Gasteiger partial charge >= 0.3 is 0 Å². The van der Waals surface area contributed by atoms with Gasteiger partial charge in [-0.1, -0.05) is 31.2 Å². The Morgan fingerprint density at radius 1 is 1.38 bits per heavy atom. The van der Waals surface area contributed by atoms with Gasteiger partial charge in [0, 0.05) is 6.54 Å². The zero-order valence-electron chi connectivity index (χ0n) is 10.5. The van der Waals surface area contributed by atoms with E-state index in [1.807, 2.05) is 0 Å². The van der Waals surface area contributed by atoms with Crippen LogP contribution in [0.2, 0.25) is 0 Å². The molecule has 0 amide bonds. The maximum atomic E-state index is 5.98. The van der Waals surface area contributed by atoms with Gasteiger partial charge in [0.15, 0.2) is 0 Å². The molecule has 1 aromatic carbocycles. The average Bonchev–Trinajstić information content (AvgIpc) is 2.66. The highest BCUT2D eigenvalue weighted by Gasteiger charge is 2.34. The van der Waals surface area contributed by atoms with Gasteiger partial charge in [0.05, 0.1) is 12.2 Å². The van der Waals surface area contributed by atoms with Crippen LogP contribution < -0.4 is 0 Å². The molecule has 0 saturated carbocycles. The lowest BCUT2D eigenvalue weighted by Crippen LogP contribution is -2.28. The van der Waals surface area contributed by atoms with Crippen molar-refractivity contribution in [3.05, 3.63) is 35.4 Å². The van der Waals surface area contributed by atoms with Gasteiger partial charge in [-0.3, -0.25) is 0 Å². The molecule has 0 aliphatic carbocycles. The monoisotopic (exact) mass is 219 g/mol. The lowest BCUT2D eigenvalue weighted by molar-refractivity contribution is -0.0339. The molecule has 1 aromatic rings. The molecule has 1 atom stereocenters. The van der Waals surface area contributed by atoms with Gasteiger partial charge in [-0.2, -0.15) is 0 Å². The SMILES string of the molecule is CCN(C)CCC1(C)OCc2ccccc21. The Balaban J connectivity index is 2.10. The molecule has 0 fully saturated rings. The molecule has 0 N–H and O–H groups in total. The molecule has 1 aliphatic rings. The van der Waals surface area contributed by atoms with Gasteiger partial charge in [-0.15, -0.1) is 0 Å². The van der Waals surface area contributed by atoms with Crippen molar-refractivity contribution >= 4 is 0 Å². The summed E-state index contributed by atoms with van der Waals surface area (Å²) >= 11 is 0. The predicted molar refractivity (Wildman–Crippen MR) is 66.4 cm³/mol. The molecule has 0 radical (unpaired) electrons. The van der Waals surface area contributed by atoms with Crippen molar-refractivity contribution in [3.8, 4) is 0 Å². The lowest BCUT2D eigenvalue weighted by Gasteiger charge is -2.27. The summed E-state index contributed by atoms with van der Waals surface area (Å²) in [5, 5.41) is 0. The summed E-state index contributed by atoms with van der Waals surface area (Å²) in [6.07, 6.45) is 1.06. The number of fused-ring (bicyclic) bond motifs is 1. The van der Waals surface area contributed by atoms with Crippen LogP contribution in [0.25, 0.3) is 0 Å². The smallest absolute Gasteiger partial charge is 0.0923 e. The first-order valence-corrected chi connectivity index (χ1v) is 6.06. The van der Waals surface area contributed by atoms with Crippen LogP contribution in [-0.2, 0) is 16.9 Å². The summed E-state index contributed by atoms with van der Waals surface area (Å²) in [7, 11) is 2.16. The quantitative estimate of drug-likeness (QED) is 0.772. The molecular weight excluding hydrogens is 198 g/mol. The minimum Gasteiger partial charge on any atom is -0.366 e. The van der Waals surface area contributed by atoms with Gasteiger partial charge in [0.25, 0.3) is 0 Å². The van der Waals surface area contributed by atoms with Crippen molar-refractivity contribution in [2.45, 2.75) is 32.5 Å². The average molecular weight is 219 g/mol. The molecule has 0 bridgehead atoms. The fraction of sp³-hybridized carbons (Fsp3) is 0.571. The van der Waals surface area contributed by atoms with E-state index in [0.717, 1.165) is 26.1 Å². The maximum Gasteiger partial charge on any atom is 0.0923 e. The molecule has 1 unspecified atom stereocenters. The fourth-order valence-electron chi connectivity index (χ4n) is 2.25.